The summed E-state index contributed by atoms with van der Waals surface area (Å²) in [7, 11) is -2.11. The SMILES string of the molecule is CCC(C(=O)O)S(=O)(=O)CCOCCOC. The van der Waals surface area contributed by atoms with Gasteiger partial charge < -0.3 is 14.6 Å². The molecule has 0 aliphatic rings. The molecule has 16 heavy (non-hydrogen) atoms. The van der Waals surface area contributed by atoms with Gasteiger partial charge in [-0.3, -0.25) is 4.79 Å². The van der Waals surface area contributed by atoms with Gasteiger partial charge >= 0.3 is 5.97 Å². The highest BCUT2D eigenvalue weighted by molar-refractivity contribution is 7.92. The Morgan fingerprint density at radius 3 is 2.38 bits per heavy atom. The van der Waals surface area contributed by atoms with Crippen LogP contribution in [0.4, 0.5) is 0 Å². The van der Waals surface area contributed by atoms with Crippen molar-refractivity contribution in [1.29, 1.82) is 0 Å². The number of carbonyl (C=O) groups is 1. The second-order valence-corrected chi connectivity index (χ2v) is 5.51. The third kappa shape index (κ3) is 5.43. The third-order valence-electron chi connectivity index (χ3n) is 2.02. The van der Waals surface area contributed by atoms with Crippen molar-refractivity contribution >= 4 is 15.8 Å². The molecule has 0 spiro atoms. The quantitative estimate of drug-likeness (QED) is 0.579. The molecular formula is C9H18O6S. The highest BCUT2D eigenvalue weighted by atomic mass is 32.2. The minimum atomic E-state index is -3.62. The van der Waals surface area contributed by atoms with E-state index in [0.717, 1.165) is 0 Å². The molecule has 0 radical (unpaired) electrons. The van der Waals surface area contributed by atoms with E-state index in [2.05, 4.69) is 0 Å². The lowest BCUT2D eigenvalue weighted by Gasteiger charge is -2.11. The molecule has 0 aliphatic carbocycles. The Morgan fingerprint density at radius 1 is 1.31 bits per heavy atom. The van der Waals surface area contributed by atoms with E-state index in [4.69, 9.17) is 14.6 Å². The summed E-state index contributed by atoms with van der Waals surface area (Å²) in [6.45, 7) is 2.21. The summed E-state index contributed by atoms with van der Waals surface area (Å²) >= 11 is 0. The van der Waals surface area contributed by atoms with Gasteiger partial charge in [0.15, 0.2) is 15.1 Å². The van der Waals surface area contributed by atoms with Crippen LogP contribution in [0.25, 0.3) is 0 Å². The molecule has 0 aromatic heterocycles. The molecule has 0 saturated carbocycles. The topological polar surface area (TPSA) is 89.9 Å². The number of sulfone groups is 1. The van der Waals surface area contributed by atoms with Crippen LogP contribution in [0, 0.1) is 0 Å². The van der Waals surface area contributed by atoms with Crippen molar-refractivity contribution in [2.45, 2.75) is 18.6 Å². The lowest BCUT2D eigenvalue weighted by molar-refractivity contribution is -0.136. The van der Waals surface area contributed by atoms with Crippen molar-refractivity contribution in [1.82, 2.24) is 0 Å². The van der Waals surface area contributed by atoms with Gasteiger partial charge in [0.25, 0.3) is 0 Å². The smallest absolute Gasteiger partial charge is 0.321 e. The van der Waals surface area contributed by atoms with Gasteiger partial charge in [0.05, 0.1) is 25.6 Å². The average molecular weight is 254 g/mol. The Labute approximate surface area is 95.5 Å². The number of aliphatic carboxylic acids is 1. The van der Waals surface area contributed by atoms with Gasteiger partial charge in [-0.1, -0.05) is 6.92 Å². The molecule has 0 amide bonds. The summed E-state index contributed by atoms with van der Waals surface area (Å²) < 4.78 is 32.8. The summed E-state index contributed by atoms with van der Waals surface area (Å²) in [5.74, 6) is -1.58. The van der Waals surface area contributed by atoms with Crippen LogP contribution in [0.2, 0.25) is 0 Å². The monoisotopic (exact) mass is 254 g/mol. The first-order chi connectivity index (χ1) is 7.45. The zero-order valence-corrected chi connectivity index (χ0v) is 10.3. The molecule has 1 atom stereocenters. The van der Waals surface area contributed by atoms with E-state index in [1.54, 1.807) is 0 Å². The largest absolute Gasteiger partial charge is 0.480 e. The standard InChI is InChI=1S/C9H18O6S/c1-3-8(9(10)11)16(12,13)7-6-15-5-4-14-2/h8H,3-7H2,1-2H3,(H,10,11). The van der Waals surface area contributed by atoms with Crippen molar-refractivity contribution in [3.05, 3.63) is 0 Å². The van der Waals surface area contributed by atoms with Crippen LogP contribution in [0.5, 0.6) is 0 Å². The van der Waals surface area contributed by atoms with E-state index in [-0.39, 0.29) is 18.8 Å². The van der Waals surface area contributed by atoms with Crippen LogP contribution in [-0.4, -0.2) is 57.4 Å². The van der Waals surface area contributed by atoms with Gasteiger partial charge in [-0.15, -0.1) is 0 Å². The molecule has 1 N–H and O–H groups in total. The van der Waals surface area contributed by atoms with E-state index in [1.165, 1.54) is 14.0 Å². The maximum atomic E-state index is 11.5. The first-order valence-electron chi connectivity index (χ1n) is 4.96. The van der Waals surface area contributed by atoms with Gasteiger partial charge in [-0.2, -0.15) is 0 Å². The fourth-order valence-corrected chi connectivity index (χ4v) is 2.59. The predicted octanol–water partition coefficient (Wildman–Crippen LogP) is -0.0726. The van der Waals surface area contributed by atoms with Crippen LogP contribution < -0.4 is 0 Å². The second kappa shape index (κ2) is 7.59. The number of methoxy groups -OCH3 is 1. The second-order valence-electron chi connectivity index (χ2n) is 3.21. The molecule has 96 valence electrons. The minimum Gasteiger partial charge on any atom is -0.480 e. The van der Waals surface area contributed by atoms with Crippen LogP contribution in [0.1, 0.15) is 13.3 Å². The zero-order valence-electron chi connectivity index (χ0n) is 9.51. The zero-order chi connectivity index (χ0) is 12.6. The molecule has 6 nitrogen and oxygen atoms in total. The van der Waals surface area contributed by atoms with Crippen LogP contribution in [-0.2, 0) is 24.1 Å². The van der Waals surface area contributed by atoms with Crippen LogP contribution >= 0.6 is 0 Å². The summed E-state index contributed by atoms with van der Waals surface area (Å²) in [4.78, 5) is 10.7. The van der Waals surface area contributed by atoms with Gasteiger partial charge in [-0.05, 0) is 6.42 Å². The predicted molar refractivity (Wildman–Crippen MR) is 58.2 cm³/mol. The molecule has 0 bridgehead atoms. The van der Waals surface area contributed by atoms with Gasteiger partial charge in [0, 0.05) is 7.11 Å². The number of carboxylic acid groups (broad SMARTS) is 1. The van der Waals surface area contributed by atoms with Crippen molar-refractivity contribution < 1.29 is 27.8 Å². The fourth-order valence-electron chi connectivity index (χ4n) is 1.14. The highest BCUT2D eigenvalue weighted by Gasteiger charge is 2.30. The first kappa shape index (κ1) is 15.3. The maximum absolute atomic E-state index is 11.5. The first-order valence-corrected chi connectivity index (χ1v) is 6.68. The molecule has 7 heteroatoms. The van der Waals surface area contributed by atoms with E-state index in [0.29, 0.717) is 13.2 Å². The fraction of sp³-hybridized carbons (Fsp3) is 0.889. The normalized spacial score (nSPS) is 13.6. The molecule has 1 unspecified atom stereocenters. The molecule has 0 aromatic rings. The Kier molecular flexibility index (Phi) is 7.27. The molecule has 0 aromatic carbocycles. The summed E-state index contributed by atoms with van der Waals surface area (Å²) in [6, 6.07) is 0. The van der Waals surface area contributed by atoms with Crippen LogP contribution in [0.15, 0.2) is 0 Å². The van der Waals surface area contributed by atoms with E-state index < -0.39 is 21.1 Å². The Balaban J connectivity index is 4.09. The number of rotatable bonds is 9. The van der Waals surface area contributed by atoms with Crippen molar-refractivity contribution in [3.63, 3.8) is 0 Å². The Bertz CT molecular complexity index is 297. The molecular weight excluding hydrogens is 236 g/mol. The number of carboxylic acids is 1. The van der Waals surface area contributed by atoms with Crippen molar-refractivity contribution in [2.24, 2.45) is 0 Å². The lowest BCUT2D eigenvalue weighted by Crippen LogP contribution is -2.32. The third-order valence-corrected chi connectivity index (χ3v) is 4.16. The van der Waals surface area contributed by atoms with Gasteiger partial charge in [-0.25, -0.2) is 8.42 Å². The van der Waals surface area contributed by atoms with E-state index in [9.17, 15) is 13.2 Å². The lowest BCUT2D eigenvalue weighted by atomic mass is 10.3. The molecule has 0 rings (SSSR count). The van der Waals surface area contributed by atoms with E-state index >= 15 is 0 Å². The molecule has 0 fully saturated rings. The van der Waals surface area contributed by atoms with Crippen molar-refractivity contribution in [3.8, 4) is 0 Å². The number of hydrogen-bond donors (Lipinski definition) is 1. The minimum absolute atomic E-state index is 0.00449. The van der Waals surface area contributed by atoms with Crippen molar-refractivity contribution in [2.75, 3.05) is 32.7 Å². The Hall–Kier alpha value is -0.660. The number of hydrogen-bond acceptors (Lipinski definition) is 5. The van der Waals surface area contributed by atoms with Gasteiger partial charge in [0.1, 0.15) is 0 Å². The summed E-state index contributed by atoms with van der Waals surface area (Å²) in [5, 5.41) is 7.37. The molecule has 0 heterocycles. The number of ether oxygens (including phenoxy) is 2. The molecule has 0 aliphatic heterocycles. The van der Waals surface area contributed by atoms with Gasteiger partial charge in [0.2, 0.25) is 0 Å². The maximum Gasteiger partial charge on any atom is 0.321 e. The Morgan fingerprint density at radius 2 is 1.94 bits per heavy atom. The molecule has 0 saturated heterocycles. The average Bonchev–Trinajstić information content (AvgIpc) is 2.17. The highest BCUT2D eigenvalue weighted by Crippen LogP contribution is 2.07. The van der Waals surface area contributed by atoms with E-state index in [1.807, 2.05) is 0 Å². The summed E-state index contributed by atoms with van der Waals surface area (Å²) in [6.07, 6.45) is 0.0652. The van der Waals surface area contributed by atoms with Crippen LogP contribution in [0.3, 0.4) is 0 Å². The summed E-state index contributed by atoms with van der Waals surface area (Å²) in [5.41, 5.74) is 0.